The molecule has 9 nitrogen and oxygen atoms in total. The van der Waals surface area contributed by atoms with Crippen molar-refractivity contribution in [2.75, 3.05) is 13.1 Å². The fraction of sp³-hybridized carbons (Fsp3) is 0.348. The number of aliphatic hydroxyl groups is 1. The monoisotopic (exact) mass is 434 g/mol. The van der Waals surface area contributed by atoms with Crippen LogP contribution < -0.4 is 4.74 Å². The highest BCUT2D eigenvalue weighted by atomic mass is 16.5. The summed E-state index contributed by atoms with van der Waals surface area (Å²) in [6.07, 6.45) is 6.02. The van der Waals surface area contributed by atoms with E-state index >= 15 is 0 Å². The minimum Gasteiger partial charge on any atom is -0.472 e. The number of carbonyl (C=O) groups is 1. The first-order chi connectivity index (χ1) is 15.5. The van der Waals surface area contributed by atoms with E-state index in [2.05, 4.69) is 21.3 Å². The maximum Gasteiger partial charge on any atom is 0.256 e. The van der Waals surface area contributed by atoms with Gasteiger partial charge in [0.1, 0.15) is 6.10 Å². The minimum absolute atomic E-state index is 0.0834. The van der Waals surface area contributed by atoms with Crippen molar-refractivity contribution in [3.05, 3.63) is 66.1 Å². The maximum atomic E-state index is 13.2. The Kier molecular flexibility index (Phi) is 7.89. The van der Waals surface area contributed by atoms with Crippen LogP contribution in [-0.4, -0.2) is 61.2 Å². The predicted molar refractivity (Wildman–Crippen MR) is 117 cm³/mol. The molecule has 166 valence electrons. The molecule has 2 aromatic heterocycles. The van der Waals surface area contributed by atoms with E-state index in [9.17, 15) is 4.79 Å². The first kappa shape index (κ1) is 22.9. The van der Waals surface area contributed by atoms with Gasteiger partial charge in [-0.3, -0.25) is 4.79 Å². The molecule has 9 heteroatoms. The van der Waals surface area contributed by atoms with Gasteiger partial charge in [0.05, 0.1) is 41.8 Å². The molecule has 32 heavy (non-hydrogen) atoms. The van der Waals surface area contributed by atoms with Gasteiger partial charge in [-0.05, 0) is 44.9 Å². The van der Waals surface area contributed by atoms with Gasteiger partial charge in [0.15, 0.2) is 0 Å². The number of carbonyl (C=O) groups excluding carboxylic acids is 1. The van der Waals surface area contributed by atoms with Gasteiger partial charge in [0.25, 0.3) is 5.91 Å². The van der Waals surface area contributed by atoms with Gasteiger partial charge >= 0.3 is 0 Å². The molecule has 0 saturated carbocycles. The SMILES string of the molecule is CC(C)O.N#Cc1ccnc(O[C@@H]2CCCN(C(=O)c3ccccc3-n3nccn3)C2)c1. The molecule has 1 fully saturated rings. The van der Waals surface area contributed by atoms with Crippen LogP contribution in [0.25, 0.3) is 5.69 Å². The van der Waals surface area contributed by atoms with Crippen LogP contribution in [0, 0.1) is 11.3 Å². The molecule has 0 radical (unpaired) electrons. The lowest BCUT2D eigenvalue weighted by molar-refractivity contribution is 0.0527. The molecule has 1 aromatic carbocycles. The van der Waals surface area contributed by atoms with Crippen molar-refractivity contribution in [2.24, 2.45) is 0 Å². The molecule has 0 spiro atoms. The number of likely N-dealkylation sites (tertiary alicyclic amines) is 1. The van der Waals surface area contributed by atoms with Crippen molar-refractivity contribution < 1.29 is 14.6 Å². The third-order valence-corrected chi connectivity index (χ3v) is 4.59. The highest BCUT2D eigenvalue weighted by Gasteiger charge is 2.27. The van der Waals surface area contributed by atoms with Crippen molar-refractivity contribution >= 4 is 5.91 Å². The first-order valence-electron chi connectivity index (χ1n) is 10.4. The number of aromatic nitrogens is 4. The normalized spacial score (nSPS) is 15.5. The van der Waals surface area contributed by atoms with Crippen molar-refractivity contribution in [2.45, 2.75) is 38.9 Å². The van der Waals surface area contributed by atoms with Gasteiger partial charge in [0, 0.05) is 24.9 Å². The van der Waals surface area contributed by atoms with E-state index in [1.54, 1.807) is 55.5 Å². The summed E-state index contributed by atoms with van der Waals surface area (Å²) in [7, 11) is 0. The molecule has 0 unspecified atom stereocenters. The molecule has 0 bridgehead atoms. The van der Waals surface area contributed by atoms with E-state index < -0.39 is 0 Å². The molecule has 1 saturated heterocycles. The Balaban J connectivity index is 0.000000668. The van der Waals surface area contributed by atoms with Crippen LogP contribution in [0.2, 0.25) is 0 Å². The highest BCUT2D eigenvalue weighted by Crippen LogP contribution is 2.21. The summed E-state index contributed by atoms with van der Waals surface area (Å²) in [4.78, 5) is 20.5. The van der Waals surface area contributed by atoms with E-state index in [1.807, 2.05) is 18.2 Å². The van der Waals surface area contributed by atoms with Crippen LogP contribution in [0.5, 0.6) is 5.88 Å². The fourth-order valence-electron chi connectivity index (χ4n) is 3.27. The number of piperidine rings is 1. The third kappa shape index (κ3) is 6.12. The summed E-state index contributed by atoms with van der Waals surface area (Å²) in [5.41, 5.74) is 1.68. The smallest absolute Gasteiger partial charge is 0.256 e. The average Bonchev–Trinajstić information content (AvgIpc) is 3.33. The van der Waals surface area contributed by atoms with Crippen molar-refractivity contribution in [1.29, 1.82) is 5.26 Å². The first-order valence-corrected chi connectivity index (χ1v) is 10.4. The number of nitrogens with zero attached hydrogens (tertiary/aromatic N) is 6. The molecule has 3 heterocycles. The number of ether oxygens (including phenoxy) is 1. The van der Waals surface area contributed by atoms with Gasteiger partial charge in [0.2, 0.25) is 5.88 Å². The summed E-state index contributed by atoms with van der Waals surface area (Å²) in [5, 5.41) is 25.3. The van der Waals surface area contributed by atoms with Crippen LogP contribution in [-0.2, 0) is 0 Å². The average molecular weight is 435 g/mol. The van der Waals surface area contributed by atoms with Gasteiger partial charge in [-0.15, -0.1) is 0 Å². The summed E-state index contributed by atoms with van der Waals surface area (Å²) in [6, 6.07) is 12.6. The van der Waals surface area contributed by atoms with Gasteiger partial charge < -0.3 is 14.7 Å². The molecular formula is C23H26N6O3. The largest absolute Gasteiger partial charge is 0.472 e. The number of hydrogen-bond acceptors (Lipinski definition) is 7. The van der Waals surface area contributed by atoms with E-state index in [0.717, 1.165) is 12.8 Å². The Labute approximate surface area is 186 Å². The lowest BCUT2D eigenvalue weighted by atomic mass is 10.1. The molecule has 1 N–H and O–H groups in total. The Morgan fingerprint density at radius 3 is 2.66 bits per heavy atom. The number of aliphatic hydroxyl groups excluding tert-OH is 1. The number of amides is 1. The fourth-order valence-corrected chi connectivity index (χ4v) is 3.27. The number of benzene rings is 1. The zero-order valence-electron chi connectivity index (χ0n) is 18.1. The van der Waals surface area contributed by atoms with E-state index in [0.29, 0.717) is 35.8 Å². The quantitative estimate of drug-likeness (QED) is 0.671. The Bertz CT molecular complexity index is 1060. The van der Waals surface area contributed by atoms with Crippen molar-refractivity contribution in [3.8, 4) is 17.6 Å². The second-order valence-corrected chi connectivity index (χ2v) is 7.56. The summed E-state index contributed by atoms with van der Waals surface area (Å²) < 4.78 is 5.93. The zero-order valence-corrected chi connectivity index (χ0v) is 18.1. The van der Waals surface area contributed by atoms with Crippen molar-refractivity contribution in [1.82, 2.24) is 24.9 Å². The van der Waals surface area contributed by atoms with Gasteiger partial charge in [-0.1, -0.05) is 12.1 Å². The molecule has 1 aliphatic heterocycles. The highest BCUT2D eigenvalue weighted by molar-refractivity contribution is 5.97. The molecule has 0 aliphatic carbocycles. The second-order valence-electron chi connectivity index (χ2n) is 7.56. The van der Waals surface area contributed by atoms with Crippen LogP contribution in [0.4, 0.5) is 0 Å². The number of hydrogen-bond donors (Lipinski definition) is 1. The van der Waals surface area contributed by atoms with E-state index in [1.165, 1.54) is 4.80 Å². The molecule has 1 atom stereocenters. The predicted octanol–water partition coefficient (Wildman–Crippen LogP) is 2.60. The standard InChI is InChI=1S/C20H18N6O2.C3H8O/c21-13-15-7-8-22-19(12-15)28-16-4-3-11-25(14-16)20(27)17-5-1-2-6-18(17)26-23-9-10-24-26;1-3(2)4/h1-2,5-10,12,16H,3-4,11,14H2;3-4H,1-2H3/t16-;/m1./s1. The topological polar surface area (TPSA) is 117 Å². The van der Waals surface area contributed by atoms with Crippen LogP contribution in [0.15, 0.2) is 55.0 Å². The number of nitriles is 1. The molecular weight excluding hydrogens is 408 g/mol. The zero-order chi connectivity index (χ0) is 22.9. The second kappa shape index (κ2) is 11.0. The Morgan fingerprint density at radius 2 is 1.94 bits per heavy atom. The van der Waals surface area contributed by atoms with Crippen LogP contribution >= 0.6 is 0 Å². The Morgan fingerprint density at radius 1 is 1.22 bits per heavy atom. The number of pyridine rings is 1. The molecule has 1 aliphatic rings. The lowest BCUT2D eigenvalue weighted by Gasteiger charge is -2.33. The lowest BCUT2D eigenvalue weighted by Crippen LogP contribution is -2.44. The number of para-hydroxylation sites is 1. The Hall–Kier alpha value is -3.77. The summed E-state index contributed by atoms with van der Waals surface area (Å²) >= 11 is 0. The van der Waals surface area contributed by atoms with E-state index in [4.69, 9.17) is 15.1 Å². The summed E-state index contributed by atoms with van der Waals surface area (Å²) in [6.45, 7) is 4.56. The van der Waals surface area contributed by atoms with Crippen molar-refractivity contribution in [3.63, 3.8) is 0 Å². The van der Waals surface area contributed by atoms with Gasteiger partial charge in [-0.25, -0.2) is 4.98 Å². The number of rotatable bonds is 4. The summed E-state index contributed by atoms with van der Waals surface area (Å²) in [5.74, 6) is 0.319. The van der Waals surface area contributed by atoms with Crippen LogP contribution in [0.3, 0.4) is 0 Å². The van der Waals surface area contributed by atoms with Crippen LogP contribution in [0.1, 0.15) is 42.6 Å². The molecule has 1 amide bonds. The molecule has 3 aromatic rings. The maximum absolute atomic E-state index is 13.2. The molecule has 4 rings (SSSR count). The minimum atomic E-state index is -0.172. The third-order valence-electron chi connectivity index (χ3n) is 4.59. The van der Waals surface area contributed by atoms with E-state index in [-0.39, 0.29) is 18.1 Å². The van der Waals surface area contributed by atoms with Gasteiger partial charge in [-0.2, -0.15) is 20.3 Å².